The highest BCUT2D eigenvalue weighted by Gasteiger charge is 2.14. The molecule has 2 rings (SSSR count). The van der Waals surface area contributed by atoms with Crippen LogP contribution in [0.4, 0.5) is 0 Å². The van der Waals surface area contributed by atoms with Gasteiger partial charge in [-0.1, -0.05) is 18.2 Å². The van der Waals surface area contributed by atoms with Gasteiger partial charge < -0.3 is 9.47 Å². The maximum absolute atomic E-state index is 12.3. The molecule has 22 heavy (non-hydrogen) atoms. The largest absolute Gasteiger partial charge is 0.497 e. The molecule has 0 unspecified atom stereocenters. The molecular formula is C16H19NO4S. The third-order valence-electron chi connectivity index (χ3n) is 3.09. The van der Waals surface area contributed by atoms with Gasteiger partial charge in [0.15, 0.2) is 0 Å². The maximum Gasteiger partial charge on any atom is 0.240 e. The van der Waals surface area contributed by atoms with Crippen LogP contribution in [0.1, 0.15) is 12.5 Å². The fourth-order valence-corrected chi connectivity index (χ4v) is 2.96. The second-order valence-corrected chi connectivity index (χ2v) is 6.31. The van der Waals surface area contributed by atoms with Crippen molar-refractivity contribution < 1.29 is 17.9 Å². The van der Waals surface area contributed by atoms with Gasteiger partial charge in [-0.2, -0.15) is 0 Å². The van der Waals surface area contributed by atoms with E-state index in [-0.39, 0.29) is 11.4 Å². The number of methoxy groups -OCH3 is 1. The zero-order valence-electron chi connectivity index (χ0n) is 12.6. The fourth-order valence-electron chi connectivity index (χ4n) is 1.96. The second-order valence-electron chi connectivity index (χ2n) is 4.54. The molecule has 0 saturated carbocycles. The van der Waals surface area contributed by atoms with Crippen molar-refractivity contribution in [3.8, 4) is 11.5 Å². The van der Waals surface area contributed by atoms with Crippen LogP contribution in [-0.2, 0) is 16.6 Å². The van der Waals surface area contributed by atoms with Crippen LogP contribution in [0.15, 0.2) is 53.4 Å². The first-order valence-electron chi connectivity index (χ1n) is 6.91. The van der Waals surface area contributed by atoms with Gasteiger partial charge in [-0.3, -0.25) is 0 Å². The Bertz CT molecular complexity index is 711. The highest BCUT2D eigenvalue weighted by atomic mass is 32.2. The Morgan fingerprint density at radius 2 is 1.73 bits per heavy atom. The summed E-state index contributed by atoms with van der Waals surface area (Å²) in [6.45, 7) is 2.59. The summed E-state index contributed by atoms with van der Waals surface area (Å²) in [6.07, 6.45) is 0. The van der Waals surface area contributed by atoms with Gasteiger partial charge in [0.2, 0.25) is 10.0 Å². The van der Waals surface area contributed by atoms with E-state index in [0.717, 1.165) is 5.56 Å². The zero-order chi connectivity index (χ0) is 16.0. The van der Waals surface area contributed by atoms with Crippen molar-refractivity contribution in [3.63, 3.8) is 0 Å². The van der Waals surface area contributed by atoms with Crippen LogP contribution in [0.3, 0.4) is 0 Å². The zero-order valence-corrected chi connectivity index (χ0v) is 13.4. The van der Waals surface area contributed by atoms with Gasteiger partial charge in [0.1, 0.15) is 11.5 Å². The van der Waals surface area contributed by atoms with Gasteiger partial charge >= 0.3 is 0 Å². The lowest BCUT2D eigenvalue weighted by molar-refractivity contribution is 0.336. The predicted molar refractivity (Wildman–Crippen MR) is 84.6 cm³/mol. The summed E-state index contributed by atoms with van der Waals surface area (Å²) in [5.41, 5.74) is 0.793. The molecule has 0 bridgehead atoms. The third kappa shape index (κ3) is 3.99. The monoisotopic (exact) mass is 321 g/mol. The van der Waals surface area contributed by atoms with E-state index < -0.39 is 10.0 Å². The average molecular weight is 321 g/mol. The van der Waals surface area contributed by atoms with Gasteiger partial charge in [-0.05, 0) is 37.3 Å². The van der Waals surface area contributed by atoms with E-state index in [2.05, 4.69) is 4.72 Å². The molecule has 0 aliphatic carbocycles. The van der Waals surface area contributed by atoms with Crippen molar-refractivity contribution in [1.29, 1.82) is 0 Å². The smallest absolute Gasteiger partial charge is 0.240 e. The molecule has 0 saturated heterocycles. The molecular weight excluding hydrogens is 302 g/mol. The number of sulfonamides is 1. The quantitative estimate of drug-likeness (QED) is 0.851. The third-order valence-corrected chi connectivity index (χ3v) is 4.51. The summed E-state index contributed by atoms with van der Waals surface area (Å²) in [5, 5.41) is 0. The predicted octanol–water partition coefficient (Wildman–Crippen LogP) is 2.57. The standard InChI is InChI=1S/C16H19NO4S/c1-3-21-16-7-5-4-6-13(16)12-17-22(18,19)15-10-8-14(20-2)9-11-15/h4-11,17H,3,12H2,1-2H3. The van der Waals surface area contributed by atoms with Crippen LogP contribution >= 0.6 is 0 Å². The van der Waals surface area contributed by atoms with E-state index in [9.17, 15) is 8.42 Å². The summed E-state index contributed by atoms with van der Waals surface area (Å²) < 4.78 is 37.7. The van der Waals surface area contributed by atoms with E-state index in [1.54, 1.807) is 12.1 Å². The van der Waals surface area contributed by atoms with E-state index in [1.807, 2.05) is 31.2 Å². The lowest BCUT2D eigenvalue weighted by Crippen LogP contribution is -2.23. The molecule has 2 aromatic rings. The van der Waals surface area contributed by atoms with Crippen LogP contribution < -0.4 is 14.2 Å². The molecule has 0 heterocycles. The Labute approximate surface area is 130 Å². The molecule has 0 radical (unpaired) electrons. The highest BCUT2D eigenvalue weighted by Crippen LogP contribution is 2.19. The molecule has 118 valence electrons. The molecule has 0 fully saturated rings. The first kappa shape index (κ1) is 16.3. The highest BCUT2D eigenvalue weighted by molar-refractivity contribution is 7.89. The number of hydrogen-bond donors (Lipinski definition) is 1. The molecule has 0 aliphatic heterocycles. The molecule has 6 heteroatoms. The summed E-state index contributed by atoms with van der Waals surface area (Å²) in [6, 6.07) is 13.6. The van der Waals surface area contributed by atoms with Gasteiger partial charge in [-0.15, -0.1) is 0 Å². The lowest BCUT2D eigenvalue weighted by atomic mass is 10.2. The van der Waals surface area contributed by atoms with Crippen LogP contribution in [-0.4, -0.2) is 22.1 Å². The van der Waals surface area contributed by atoms with Crippen LogP contribution in [0.5, 0.6) is 11.5 Å². The van der Waals surface area contributed by atoms with Crippen LogP contribution in [0, 0.1) is 0 Å². The molecule has 0 amide bonds. The Morgan fingerprint density at radius 1 is 1.05 bits per heavy atom. The minimum atomic E-state index is -3.58. The number of nitrogens with one attached hydrogen (secondary N) is 1. The minimum Gasteiger partial charge on any atom is -0.497 e. The van der Waals surface area contributed by atoms with Crippen molar-refractivity contribution in [1.82, 2.24) is 4.72 Å². The van der Waals surface area contributed by atoms with Crippen molar-refractivity contribution in [3.05, 3.63) is 54.1 Å². The Morgan fingerprint density at radius 3 is 2.36 bits per heavy atom. The van der Waals surface area contributed by atoms with Gasteiger partial charge in [0.05, 0.1) is 18.6 Å². The molecule has 0 atom stereocenters. The first-order chi connectivity index (χ1) is 10.6. The molecule has 1 N–H and O–H groups in total. The minimum absolute atomic E-state index is 0.171. The summed E-state index contributed by atoms with van der Waals surface area (Å²) in [7, 11) is -2.04. The van der Waals surface area contributed by atoms with Gasteiger partial charge in [-0.25, -0.2) is 13.1 Å². The number of benzene rings is 2. The number of rotatable bonds is 7. The Balaban J connectivity index is 2.12. The average Bonchev–Trinajstić information content (AvgIpc) is 2.54. The summed E-state index contributed by atoms with van der Waals surface area (Å²) in [5.74, 6) is 1.29. The van der Waals surface area contributed by atoms with Gasteiger partial charge in [0.25, 0.3) is 0 Å². The first-order valence-corrected chi connectivity index (χ1v) is 8.39. The molecule has 2 aromatic carbocycles. The Hall–Kier alpha value is -2.05. The molecule has 5 nitrogen and oxygen atoms in total. The molecule has 0 aromatic heterocycles. The van der Waals surface area contributed by atoms with E-state index in [4.69, 9.17) is 9.47 Å². The topological polar surface area (TPSA) is 64.6 Å². The Kier molecular flexibility index (Phi) is 5.41. The SMILES string of the molecule is CCOc1ccccc1CNS(=O)(=O)c1ccc(OC)cc1. The molecule has 0 aliphatic rings. The van der Waals surface area contributed by atoms with Crippen molar-refractivity contribution in [2.24, 2.45) is 0 Å². The molecule has 0 spiro atoms. The van der Waals surface area contributed by atoms with E-state index in [0.29, 0.717) is 18.1 Å². The number of ether oxygens (including phenoxy) is 2. The van der Waals surface area contributed by atoms with Crippen molar-refractivity contribution >= 4 is 10.0 Å². The fraction of sp³-hybridized carbons (Fsp3) is 0.250. The van der Waals surface area contributed by atoms with Crippen molar-refractivity contribution in [2.45, 2.75) is 18.4 Å². The number of hydrogen-bond acceptors (Lipinski definition) is 4. The summed E-state index contributed by atoms with van der Waals surface area (Å²) in [4.78, 5) is 0.196. The van der Waals surface area contributed by atoms with Crippen LogP contribution in [0.2, 0.25) is 0 Å². The normalized spacial score (nSPS) is 11.2. The van der Waals surface area contributed by atoms with Crippen molar-refractivity contribution in [2.75, 3.05) is 13.7 Å². The maximum atomic E-state index is 12.3. The van der Waals surface area contributed by atoms with E-state index in [1.165, 1.54) is 19.2 Å². The van der Waals surface area contributed by atoms with Gasteiger partial charge in [0, 0.05) is 12.1 Å². The second kappa shape index (κ2) is 7.29. The van der Waals surface area contributed by atoms with Crippen LogP contribution in [0.25, 0.3) is 0 Å². The number of para-hydroxylation sites is 1. The van der Waals surface area contributed by atoms with E-state index >= 15 is 0 Å². The lowest BCUT2D eigenvalue weighted by Gasteiger charge is -2.11. The summed E-state index contributed by atoms with van der Waals surface area (Å²) >= 11 is 0.